The Balaban J connectivity index is 2.56. The molecule has 0 fully saturated rings. The molecule has 0 unspecified atom stereocenters. The first-order chi connectivity index (χ1) is 7.72. The minimum Gasteiger partial charge on any atom is -0.480 e. The molecule has 4 nitrogen and oxygen atoms in total. The zero-order valence-corrected chi connectivity index (χ0v) is 8.59. The van der Waals surface area contributed by atoms with Crippen molar-refractivity contribution in [3.05, 3.63) is 36.0 Å². The first kappa shape index (κ1) is 10.4. The van der Waals surface area contributed by atoms with Gasteiger partial charge in [-0.05, 0) is 11.6 Å². The SMILES string of the molecule is O=CCc1cn(CC(=O)O)c2ccccc12. The highest BCUT2D eigenvalue weighted by atomic mass is 16.4. The highest BCUT2D eigenvalue weighted by Crippen LogP contribution is 2.21. The maximum absolute atomic E-state index is 10.7. The number of hydrogen-bond acceptors (Lipinski definition) is 2. The maximum atomic E-state index is 10.7. The van der Waals surface area contributed by atoms with Crippen molar-refractivity contribution in [2.45, 2.75) is 13.0 Å². The van der Waals surface area contributed by atoms with Gasteiger partial charge in [0, 0.05) is 23.5 Å². The predicted molar refractivity (Wildman–Crippen MR) is 59.3 cm³/mol. The van der Waals surface area contributed by atoms with E-state index in [-0.39, 0.29) is 6.54 Å². The van der Waals surface area contributed by atoms with Crippen LogP contribution >= 0.6 is 0 Å². The Morgan fingerprint density at radius 2 is 2.12 bits per heavy atom. The highest BCUT2D eigenvalue weighted by Gasteiger charge is 2.09. The molecular formula is C12H11NO3. The van der Waals surface area contributed by atoms with Gasteiger partial charge in [0.05, 0.1) is 0 Å². The number of aromatic nitrogens is 1. The lowest BCUT2D eigenvalue weighted by Gasteiger charge is -1.99. The topological polar surface area (TPSA) is 59.3 Å². The molecule has 1 heterocycles. The van der Waals surface area contributed by atoms with E-state index in [1.54, 1.807) is 10.8 Å². The Hall–Kier alpha value is -2.10. The summed E-state index contributed by atoms with van der Waals surface area (Å²) in [5.74, 6) is -0.890. The Bertz CT molecular complexity index is 542. The van der Waals surface area contributed by atoms with Crippen molar-refractivity contribution >= 4 is 23.2 Å². The van der Waals surface area contributed by atoms with Gasteiger partial charge in [-0.2, -0.15) is 0 Å². The molecule has 0 aliphatic carbocycles. The molecule has 0 saturated heterocycles. The maximum Gasteiger partial charge on any atom is 0.323 e. The molecule has 0 bridgehead atoms. The minimum absolute atomic E-state index is 0.0840. The first-order valence-electron chi connectivity index (χ1n) is 4.94. The number of rotatable bonds is 4. The van der Waals surface area contributed by atoms with E-state index in [1.807, 2.05) is 24.3 Å². The molecule has 2 aromatic rings. The number of benzene rings is 1. The zero-order chi connectivity index (χ0) is 11.5. The summed E-state index contributed by atoms with van der Waals surface area (Å²) in [5.41, 5.74) is 1.72. The fraction of sp³-hybridized carbons (Fsp3) is 0.167. The van der Waals surface area contributed by atoms with Crippen molar-refractivity contribution in [3.63, 3.8) is 0 Å². The van der Waals surface area contributed by atoms with Crippen LogP contribution in [0, 0.1) is 0 Å². The fourth-order valence-electron chi connectivity index (χ4n) is 1.85. The van der Waals surface area contributed by atoms with Crippen LogP contribution in [-0.2, 0) is 22.6 Å². The molecule has 0 aliphatic rings. The van der Waals surface area contributed by atoms with Gasteiger partial charge in [0.15, 0.2) is 0 Å². The Labute approximate surface area is 92.1 Å². The van der Waals surface area contributed by atoms with E-state index in [0.717, 1.165) is 22.8 Å². The van der Waals surface area contributed by atoms with E-state index < -0.39 is 5.97 Å². The van der Waals surface area contributed by atoms with Crippen LogP contribution < -0.4 is 0 Å². The van der Waals surface area contributed by atoms with Crippen molar-refractivity contribution in [2.75, 3.05) is 0 Å². The van der Waals surface area contributed by atoms with E-state index in [0.29, 0.717) is 6.42 Å². The molecule has 0 atom stereocenters. The molecule has 2 rings (SSSR count). The Morgan fingerprint density at radius 3 is 2.81 bits per heavy atom. The number of carbonyl (C=O) groups is 2. The smallest absolute Gasteiger partial charge is 0.323 e. The molecule has 1 aromatic carbocycles. The number of carbonyl (C=O) groups excluding carboxylic acids is 1. The van der Waals surface area contributed by atoms with Gasteiger partial charge < -0.3 is 14.5 Å². The number of aldehydes is 1. The van der Waals surface area contributed by atoms with Gasteiger partial charge in [-0.15, -0.1) is 0 Å². The average molecular weight is 217 g/mol. The minimum atomic E-state index is -0.890. The van der Waals surface area contributed by atoms with Crippen molar-refractivity contribution in [3.8, 4) is 0 Å². The molecule has 0 amide bonds. The Morgan fingerprint density at radius 1 is 1.38 bits per heavy atom. The summed E-state index contributed by atoms with van der Waals surface area (Å²) in [7, 11) is 0. The third-order valence-corrected chi connectivity index (χ3v) is 2.48. The van der Waals surface area contributed by atoms with E-state index >= 15 is 0 Å². The summed E-state index contributed by atoms with van der Waals surface area (Å²) in [4.78, 5) is 21.2. The van der Waals surface area contributed by atoms with Crippen molar-refractivity contribution in [1.29, 1.82) is 0 Å². The van der Waals surface area contributed by atoms with Crippen LogP contribution in [0.1, 0.15) is 5.56 Å². The van der Waals surface area contributed by atoms with E-state index in [9.17, 15) is 9.59 Å². The average Bonchev–Trinajstić information content (AvgIpc) is 2.58. The molecule has 0 saturated carbocycles. The molecule has 0 spiro atoms. The van der Waals surface area contributed by atoms with Crippen LogP contribution in [0.2, 0.25) is 0 Å². The lowest BCUT2D eigenvalue weighted by Crippen LogP contribution is -2.07. The number of carboxylic acid groups (broad SMARTS) is 1. The standard InChI is InChI=1S/C12H11NO3/c14-6-5-9-7-13(8-12(15)16)11-4-2-1-3-10(9)11/h1-4,6-7H,5,8H2,(H,15,16). The summed E-state index contributed by atoms with van der Waals surface area (Å²) in [6.45, 7) is -0.0840. The number of nitrogens with zero attached hydrogens (tertiary/aromatic N) is 1. The van der Waals surface area contributed by atoms with E-state index in [4.69, 9.17) is 5.11 Å². The predicted octanol–water partition coefficient (Wildman–Crippen LogP) is 1.47. The molecule has 0 radical (unpaired) electrons. The normalized spacial score (nSPS) is 10.5. The quantitative estimate of drug-likeness (QED) is 0.789. The van der Waals surface area contributed by atoms with Crippen LogP contribution in [-0.4, -0.2) is 21.9 Å². The fourth-order valence-corrected chi connectivity index (χ4v) is 1.85. The second-order valence-electron chi connectivity index (χ2n) is 3.56. The summed E-state index contributed by atoms with van der Waals surface area (Å²) in [6, 6.07) is 7.48. The van der Waals surface area contributed by atoms with Gasteiger partial charge in [-0.3, -0.25) is 4.79 Å². The number of carboxylic acids is 1. The van der Waals surface area contributed by atoms with E-state index in [2.05, 4.69) is 0 Å². The van der Waals surface area contributed by atoms with Crippen LogP contribution in [0.5, 0.6) is 0 Å². The highest BCUT2D eigenvalue weighted by molar-refractivity contribution is 5.86. The molecule has 1 aromatic heterocycles. The summed E-state index contributed by atoms with van der Waals surface area (Å²) in [5, 5.41) is 9.72. The molecular weight excluding hydrogens is 206 g/mol. The summed E-state index contributed by atoms with van der Waals surface area (Å²) < 4.78 is 1.65. The first-order valence-corrected chi connectivity index (χ1v) is 4.94. The van der Waals surface area contributed by atoms with Crippen molar-refractivity contribution in [2.24, 2.45) is 0 Å². The molecule has 4 heteroatoms. The monoisotopic (exact) mass is 217 g/mol. The summed E-state index contributed by atoms with van der Waals surface area (Å²) >= 11 is 0. The van der Waals surface area contributed by atoms with Crippen LogP contribution in [0.3, 0.4) is 0 Å². The number of fused-ring (bicyclic) bond motifs is 1. The van der Waals surface area contributed by atoms with Gasteiger partial charge in [-0.1, -0.05) is 18.2 Å². The molecule has 1 N–H and O–H groups in total. The van der Waals surface area contributed by atoms with Crippen LogP contribution in [0.25, 0.3) is 10.9 Å². The third kappa shape index (κ3) is 1.82. The lowest BCUT2D eigenvalue weighted by molar-refractivity contribution is -0.137. The zero-order valence-electron chi connectivity index (χ0n) is 8.59. The van der Waals surface area contributed by atoms with Crippen LogP contribution in [0.4, 0.5) is 0 Å². The van der Waals surface area contributed by atoms with E-state index in [1.165, 1.54) is 0 Å². The largest absolute Gasteiger partial charge is 0.480 e. The van der Waals surface area contributed by atoms with Gasteiger partial charge in [0.25, 0.3) is 0 Å². The number of aliphatic carboxylic acids is 1. The van der Waals surface area contributed by atoms with Crippen molar-refractivity contribution < 1.29 is 14.7 Å². The van der Waals surface area contributed by atoms with Crippen molar-refractivity contribution in [1.82, 2.24) is 4.57 Å². The van der Waals surface area contributed by atoms with Crippen LogP contribution in [0.15, 0.2) is 30.5 Å². The van der Waals surface area contributed by atoms with Gasteiger partial charge in [0.1, 0.15) is 12.8 Å². The third-order valence-electron chi connectivity index (χ3n) is 2.48. The molecule has 82 valence electrons. The van der Waals surface area contributed by atoms with Gasteiger partial charge >= 0.3 is 5.97 Å². The summed E-state index contributed by atoms with van der Waals surface area (Å²) in [6.07, 6.45) is 2.87. The lowest BCUT2D eigenvalue weighted by atomic mass is 10.1. The molecule has 16 heavy (non-hydrogen) atoms. The number of para-hydroxylation sites is 1. The van der Waals surface area contributed by atoms with Gasteiger partial charge in [0.2, 0.25) is 0 Å². The number of hydrogen-bond donors (Lipinski definition) is 1. The molecule has 0 aliphatic heterocycles. The Kier molecular flexibility index (Phi) is 2.72. The second kappa shape index (κ2) is 4.18. The second-order valence-corrected chi connectivity index (χ2v) is 3.56. The van der Waals surface area contributed by atoms with Gasteiger partial charge in [-0.25, -0.2) is 0 Å².